The van der Waals surface area contributed by atoms with Gasteiger partial charge in [-0.2, -0.15) is 0 Å². The second-order valence-corrected chi connectivity index (χ2v) is 9.83. The van der Waals surface area contributed by atoms with Crippen LogP contribution in [0.2, 0.25) is 0 Å². The summed E-state index contributed by atoms with van der Waals surface area (Å²) in [5.41, 5.74) is 4.69. The van der Waals surface area contributed by atoms with E-state index in [1.54, 1.807) is 19.2 Å². The second-order valence-electron chi connectivity index (χ2n) is 9.83. The fourth-order valence-electron chi connectivity index (χ4n) is 4.11. The Morgan fingerprint density at radius 2 is 1.77 bits per heavy atom. The molecule has 3 aromatic carbocycles. The summed E-state index contributed by atoms with van der Waals surface area (Å²) in [6.45, 7) is 12.4. The third-order valence-corrected chi connectivity index (χ3v) is 6.00. The van der Waals surface area contributed by atoms with Gasteiger partial charge in [-0.1, -0.05) is 63.3 Å². The molecule has 0 spiro atoms. The molecule has 4 nitrogen and oxygen atoms in total. The van der Waals surface area contributed by atoms with Crippen LogP contribution < -0.4 is 9.47 Å². The van der Waals surface area contributed by atoms with Crippen LogP contribution >= 0.6 is 0 Å². The number of hydrogen-bond acceptors (Lipinski definition) is 3. The Bertz CT molecular complexity index is 1220. The summed E-state index contributed by atoms with van der Waals surface area (Å²) in [6, 6.07) is 18.1. The van der Waals surface area contributed by atoms with Crippen LogP contribution in [0.4, 0.5) is 4.39 Å². The Morgan fingerprint density at radius 3 is 2.40 bits per heavy atom. The van der Waals surface area contributed by atoms with Gasteiger partial charge in [-0.05, 0) is 64.9 Å². The third kappa shape index (κ3) is 6.50. The number of carboxylic acid groups (broad SMARTS) is 1. The van der Waals surface area contributed by atoms with Gasteiger partial charge in [0.1, 0.15) is 23.9 Å². The lowest BCUT2D eigenvalue weighted by Crippen LogP contribution is -2.14. The fourth-order valence-corrected chi connectivity index (χ4v) is 4.11. The lowest BCUT2D eigenvalue weighted by Gasteiger charge is -2.25. The molecule has 3 rings (SSSR count). The number of rotatable bonds is 9. The molecule has 1 unspecified atom stereocenters. The molecule has 1 atom stereocenters. The molecular formula is C30H33FO4. The molecule has 0 saturated heterocycles. The Morgan fingerprint density at radius 1 is 1.03 bits per heavy atom. The predicted molar refractivity (Wildman–Crippen MR) is 138 cm³/mol. The number of halogens is 1. The minimum absolute atomic E-state index is 0.0178. The van der Waals surface area contributed by atoms with E-state index < -0.39 is 5.97 Å². The van der Waals surface area contributed by atoms with Gasteiger partial charge in [0.25, 0.3) is 0 Å². The van der Waals surface area contributed by atoms with E-state index in [1.807, 2.05) is 43.3 Å². The van der Waals surface area contributed by atoms with Crippen LogP contribution in [0.15, 0.2) is 72.8 Å². The number of benzene rings is 3. The van der Waals surface area contributed by atoms with Gasteiger partial charge < -0.3 is 14.6 Å². The van der Waals surface area contributed by atoms with Crippen molar-refractivity contribution in [1.29, 1.82) is 0 Å². The van der Waals surface area contributed by atoms with Crippen LogP contribution in [-0.4, -0.2) is 18.2 Å². The number of ether oxygens (including phenoxy) is 2. The molecule has 1 N–H and O–H groups in total. The number of allylic oxidation sites excluding steroid dienone is 1. The SMILES string of the molecule is C=C(C)C(CC(=O)O)c1cccc(OCc2ccc(-c3cc(OC)ccc3F)c(C(C)(C)C)c2)c1. The molecule has 0 saturated carbocycles. The van der Waals surface area contributed by atoms with Crippen molar-refractivity contribution < 1.29 is 23.8 Å². The van der Waals surface area contributed by atoms with Gasteiger partial charge in [0.05, 0.1) is 13.5 Å². The van der Waals surface area contributed by atoms with Crippen molar-refractivity contribution in [3.05, 3.63) is 95.3 Å². The Labute approximate surface area is 207 Å². The molecule has 0 radical (unpaired) electrons. The standard InChI is InChI=1S/C30H33FO4/c1-19(2)25(17-29(32)33)21-8-7-9-23(15-21)35-18-20-10-12-24(27(14-20)30(3,4)5)26-16-22(34-6)11-13-28(26)31/h7-16,25H,1,17-18H2,2-6H3,(H,32,33). The Hall–Kier alpha value is -3.60. The highest BCUT2D eigenvalue weighted by molar-refractivity contribution is 5.71. The van der Waals surface area contributed by atoms with E-state index in [-0.39, 0.29) is 23.6 Å². The van der Waals surface area contributed by atoms with Crippen LogP contribution in [0.1, 0.15) is 56.7 Å². The first-order chi connectivity index (χ1) is 16.5. The van der Waals surface area contributed by atoms with Gasteiger partial charge in [-0.3, -0.25) is 4.79 Å². The van der Waals surface area contributed by atoms with E-state index in [2.05, 4.69) is 33.4 Å². The van der Waals surface area contributed by atoms with Crippen molar-refractivity contribution in [3.8, 4) is 22.6 Å². The molecule has 0 bridgehead atoms. The van der Waals surface area contributed by atoms with Crippen LogP contribution in [0, 0.1) is 5.82 Å². The van der Waals surface area contributed by atoms with Gasteiger partial charge in [0.2, 0.25) is 0 Å². The van der Waals surface area contributed by atoms with Crippen molar-refractivity contribution in [1.82, 2.24) is 0 Å². The van der Waals surface area contributed by atoms with Crippen molar-refractivity contribution in [2.45, 2.75) is 52.1 Å². The highest BCUT2D eigenvalue weighted by atomic mass is 19.1. The van der Waals surface area contributed by atoms with E-state index in [9.17, 15) is 14.3 Å². The molecule has 35 heavy (non-hydrogen) atoms. The van der Waals surface area contributed by atoms with Crippen molar-refractivity contribution in [3.63, 3.8) is 0 Å². The topological polar surface area (TPSA) is 55.8 Å². The summed E-state index contributed by atoms with van der Waals surface area (Å²) in [5.74, 6) is -0.193. The first-order valence-corrected chi connectivity index (χ1v) is 11.6. The molecule has 0 fully saturated rings. The maximum atomic E-state index is 14.7. The highest BCUT2D eigenvalue weighted by Crippen LogP contribution is 2.37. The molecule has 0 aromatic heterocycles. The first kappa shape index (κ1) is 26.0. The zero-order chi connectivity index (χ0) is 25.8. The lowest BCUT2D eigenvalue weighted by atomic mass is 9.81. The third-order valence-electron chi connectivity index (χ3n) is 6.00. The molecule has 5 heteroatoms. The van der Waals surface area contributed by atoms with E-state index in [0.717, 1.165) is 27.8 Å². The van der Waals surface area contributed by atoms with Gasteiger partial charge in [0.15, 0.2) is 0 Å². The van der Waals surface area contributed by atoms with E-state index in [4.69, 9.17) is 9.47 Å². The zero-order valence-electron chi connectivity index (χ0n) is 21.0. The van der Waals surface area contributed by atoms with Crippen molar-refractivity contribution >= 4 is 5.97 Å². The van der Waals surface area contributed by atoms with E-state index >= 15 is 0 Å². The molecule has 0 aliphatic rings. The molecule has 3 aromatic rings. The summed E-state index contributed by atoms with van der Waals surface area (Å²) in [4.78, 5) is 11.3. The van der Waals surface area contributed by atoms with E-state index in [1.165, 1.54) is 6.07 Å². The number of methoxy groups -OCH3 is 1. The summed E-state index contributed by atoms with van der Waals surface area (Å²) >= 11 is 0. The number of aliphatic carboxylic acids is 1. The average molecular weight is 477 g/mol. The highest BCUT2D eigenvalue weighted by Gasteiger charge is 2.22. The number of hydrogen-bond donors (Lipinski definition) is 1. The maximum Gasteiger partial charge on any atom is 0.304 e. The second kappa shape index (κ2) is 10.8. The van der Waals surface area contributed by atoms with Crippen molar-refractivity contribution in [2.24, 2.45) is 0 Å². The zero-order valence-corrected chi connectivity index (χ0v) is 21.0. The monoisotopic (exact) mass is 476 g/mol. The van der Waals surface area contributed by atoms with Gasteiger partial charge >= 0.3 is 5.97 Å². The average Bonchev–Trinajstić information content (AvgIpc) is 2.81. The van der Waals surface area contributed by atoms with Gasteiger partial charge in [0, 0.05) is 11.5 Å². The molecule has 0 aliphatic heterocycles. The fraction of sp³-hybridized carbons (Fsp3) is 0.300. The maximum absolute atomic E-state index is 14.7. The molecule has 0 aliphatic carbocycles. The summed E-state index contributed by atoms with van der Waals surface area (Å²) in [7, 11) is 1.57. The van der Waals surface area contributed by atoms with Crippen molar-refractivity contribution in [2.75, 3.05) is 7.11 Å². The quantitative estimate of drug-likeness (QED) is 0.325. The lowest BCUT2D eigenvalue weighted by molar-refractivity contribution is -0.137. The molecule has 184 valence electrons. The summed E-state index contributed by atoms with van der Waals surface area (Å²) in [5, 5.41) is 9.26. The van der Waals surface area contributed by atoms with Gasteiger partial charge in [-0.25, -0.2) is 4.39 Å². The van der Waals surface area contributed by atoms with Crippen LogP contribution in [0.3, 0.4) is 0 Å². The minimum atomic E-state index is -0.869. The normalized spacial score (nSPS) is 12.2. The smallest absolute Gasteiger partial charge is 0.304 e. The van der Waals surface area contributed by atoms with Crippen LogP contribution in [-0.2, 0) is 16.8 Å². The number of carboxylic acids is 1. The van der Waals surface area contributed by atoms with Crippen LogP contribution in [0.5, 0.6) is 11.5 Å². The number of carbonyl (C=O) groups is 1. The first-order valence-electron chi connectivity index (χ1n) is 11.6. The van der Waals surface area contributed by atoms with Gasteiger partial charge in [-0.15, -0.1) is 0 Å². The molecule has 0 amide bonds. The summed E-state index contributed by atoms with van der Waals surface area (Å²) < 4.78 is 26.1. The Kier molecular flexibility index (Phi) is 8.00. The van der Waals surface area contributed by atoms with E-state index in [0.29, 0.717) is 23.7 Å². The molecular weight excluding hydrogens is 443 g/mol. The summed E-state index contributed by atoms with van der Waals surface area (Å²) in [6.07, 6.45) is -0.0178. The largest absolute Gasteiger partial charge is 0.497 e. The predicted octanol–water partition coefficient (Wildman–Crippen LogP) is 7.51. The Balaban J connectivity index is 1.89. The van der Waals surface area contributed by atoms with Crippen LogP contribution in [0.25, 0.3) is 11.1 Å². The minimum Gasteiger partial charge on any atom is -0.497 e. The molecule has 0 heterocycles.